The van der Waals surface area contributed by atoms with Gasteiger partial charge in [-0.05, 0) is 43.9 Å². The molecule has 0 fully saturated rings. The first-order valence-corrected chi connectivity index (χ1v) is 13.8. The molecule has 0 aromatic heterocycles. The van der Waals surface area contributed by atoms with Crippen molar-refractivity contribution in [1.82, 2.24) is 10.2 Å². The number of amides is 2. The number of rotatable bonds is 12. The second-order valence-corrected chi connectivity index (χ2v) is 10.5. The first-order valence-electron chi connectivity index (χ1n) is 12.7. The number of nitrogens with one attached hydrogen (secondary N) is 1. The highest BCUT2D eigenvalue weighted by Crippen LogP contribution is 2.20. The van der Waals surface area contributed by atoms with Crippen LogP contribution in [0.4, 0.5) is 0 Å². The van der Waals surface area contributed by atoms with Gasteiger partial charge in [-0.3, -0.25) is 9.59 Å². The molecular weight excluding hydrogens is 464 g/mol. The third-order valence-corrected chi connectivity index (χ3v) is 7.06. The van der Waals surface area contributed by atoms with Gasteiger partial charge < -0.3 is 10.2 Å². The standard InChI is InChI=1S/C31H38N2O2S/c1-5-15-32-31(35)29(19-26-9-7-6-8-10-26)33(20-27-13-11-23(2)12-14-27)30(34)22-36-21-28-17-24(3)16-25(4)18-28/h6-14,16-18,29H,5,15,19-22H2,1-4H3,(H,32,35)/t29-/m0/s1. The lowest BCUT2D eigenvalue weighted by Crippen LogP contribution is -2.51. The fourth-order valence-corrected chi connectivity index (χ4v) is 5.15. The minimum atomic E-state index is -0.574. The Kier molecular flexibility index (Phi) is 10.6. The Morgan fingerprint density at radius 1 is 0.833 bits per heavy atom. The zero-order valence-corrected chi connectivity index (χ0v) is 22.7. The van der Waals surface area contributed by atoms with Crippen LogP contribution in [0.25, 0.3) is 0 Å². The molecule has 0 radical (unpaired) electrons. The summed E-state index contributed by atoms with van der Waals surface area (Å²) in [5.74, 6) is 0.974. The Morgan fingerprint density at radius 2 is 1.50 bits per heavy atom. The maximum absolute atomic E-state index is 13.7. The van der Waals surface area contributed by atoms with Crippen molar-refractivity contribution in [2.24, 2.45) is 0 Å². The van der Waals surface area contributed by atoms with Crippen molar-refractivity contribution in [3.63, 3.8) is 0 Å². The van der Waals surface area contributed by atoms with Crippen molar-refractivity contribution in [2.45, 2.75) is 58.9 Å². The molecule has 3 rings (SSSR count). The molecule has 0 bridgehead atoms. The van der Waals surface area contributed by atoms with E-state index in [9.17, 15) is 9.59 Å². The van der Waals surface area contributed by atoms with E-state index >= 15 is 0 Å². The largest absolute Gasteiger partial charge is 0.354 e. The zero-order chi connectivity index (χ0) is 25.9. The molecule has 0 aliphatic carbocycles. The number of carbonyl (C=O) groups excluding carboxylic acids is 2. The van der Waals surface area contributed by atoms with Crippen LogP contribution in [-0.4, -0.2) is 35.1 Å². The van der Waals surface area contributed by atoms with E-state index in [1.807, 2.05) is 56.3 Å². The number of aryl methyl sites for hydroxylation is 3. The summed E-state index contributed by atoms with van der Waals surface area (Å²) in [7, 11) is 0. The molecule has 4 nitrogen and oxygen atoms in total. The number of benzene rings is 3. The minimum absolute atomic E-state index is 0.0162. The Balaban J connectivity index is 1.83. The summed E-state index contributed by atoms with van der Waals surface area (Å²) >= 11 is 1.60. The molecule has 5 heteroatoms. The van der Waals surface area contributed by atoms with E-state index in [1.165, 1.54) is 22.3 Å². The molecule has 0 heterocycles. The number of hydrogen-bond acceptors (Lipinski definition) is 3. The van der Waals surface area contributed by atoms with Crippen molar-refractivity contribution in [2.75, 3.05) is 12.3 Å². The van der Waals surface area contributed by atoms with Gasteiger partial charge in [0.15, 0.2) is 0 Å². The molecule has 190 valence electrons. The highest BCUT2D eigenvalue weighted by atomic mass is 32.2. The van der Waals surface area contributed by atoms with E-state index in [0.717, 1.165) is 23.3 Å². The van der Waals surface area contributed by atoms with Gasteiger partial charge in [0, 0.05) is 25.3 Å². The highest BCUT2D eigenvalue weighted by molar-refractivity contribution is 7.99. The van der Waals surface area contributed by atoms with E-state index < -0.39 is 6.04 Å². The number of carbonyl (C=O) groups is 2. The molecule has 0 spiro atoms. The Morgan fingerprint density at radius 3 is 2.14 bits per heavy atom. The van der Waals surface area contributed by atoms with Gasteiger partial charge in [0.2, 0.25) is 11.8 Å². The van der Waals surface area contributed by atoms with Gasteiger partial charge in [0.05, 0.1) is 5.75 Å². The van der Waals surface area contributed by atoms with Gasteiger partial charge in [-0.1, -0.05) is 96.4 Å². The topological polar surface area (TPSA) is 49.4 Å². The molecule has 0 saturated heterocycles. The zero-order valence-electron chi connectivity index (χ0n) is 21.9. The van der Waals surface area contributed by atoms with Gasteiger partial charge >= 0.3 is 0 Å². The summed E-state index contributed by atoms with van der Waals surface area (Å²) < 4.78 is 0. The van der Waals surface area contributed by atoms with Crippen LogP contribution in [0.15, 0.2) is 72.8 Å². The molecular formula is C31H38N2O2S. The van der Waals surface area contributed by atoms with Gasteiger partial charge in [0.25, 0.3) is 0 Å². The van der Waals surface area contributed by atoms with Gasteiger partial charge in [-0.2, -0.15) is 0 Å². The monoisotopic (exact) mass is 502 g/mol. The van der Waals surface area contributed by atoms with Crippen LogP contribution in [0.3, 0.4) is 0 Å². The Labute approximate surface area is 220 Å². The number of hydrogen-bond donors (Lipinski definition) is 1. The molecule has 0 aliphatic rings. The maximum atomic E-state index is 13.7. The van der Waals surface area contributed by atoms with E-state index in [1.54, 1.807) is 16.7 Å². The fourth-order valence-electron chi connectivity index (χ4n) is 4.30. The molecule has 3 aromatic rings. The number of nitrogens with zero attached hydrogens (tertiary/aromatic N) is 1. The maximum Gasteiger partial charge on any atom is 0.243 e. The molecule has 3 aromatic carbocycles. The first kappa shape index (κ1) is 27.5. The summed E-state index contributed by atoms with van der Waals surface area (Å²) in [4.78, 5) is 28.8. The molecule has 2 amide bonds. The summed E-state index contributed by atoms with van der Waals surface area (Å²) in [6, 6.07) is 24.1. The quantitative estimate of drug-likeness (QED) is 0.330. The van der Waals surface area contributed by atoms with E-state index in [-0.39, 0.29) is 11.8 Å². The van der Waals surface area contributed by atoms with Crippen LogP contribution in [0, 0.1) is 20.8 Å². The SMILES string of the molecule is CCCNC(=O)[C@H](Cc1ccccc1)N(Cc1ccc(C)cc1)C(=O)CSCc1cc(C)cc(C)c1. The van der Waals surface area contributed by atoms with Crippen molar-refractivity contribution in [3.8, 4) is 0 Å². The van der Waals surface area contributed by atoms with Crippen LogP contribution in [0.5, 0.6) is 0 Å². The molecule has 1 atom stereocenters. The minimum Gasteiger partial charge on any atom is -0.354 e. The van der Waals surface area contributed by atoms with Crippen LogP contribution in [0.2, 0.25) is 0 Å². The van der Waals surface area contributed by atoms with Gasteiger partial charge in [0.1, 0.15) is 6.04 Å². The van der Waals surface area contributed by atoms with Gasteiger partial charge in [-0.15, -0.1) is 11.8 Å². The second kappa shape index (κ2) is 13.9. The lowest BCUT2D eigenvalue weighted by atomic mass is 10.0. The van der Waals surface area contributed by atoms with Crippen molar-refractivity contribution in [3.05, 3.63) is 106 Å². The molecule has 36 heavy (non-hydrogen) atoms. The van der Waals surface area contributed by atoms with Crippen molar-refractivity contribution < 1.29 is 9.59 Å². The average Bonchev–Trinajstić information content (AvgIpc) is 2.85. The molecule has 1 N–H and O–H groups in total. The van der Waals surface area contributed by atoms with Gasteiger partial charge in [-0.25, -0.2) is 0 Å². The van der Waals surface area contributed by atoms with Crippen LogP contribution >= 0.6 is 11.8 Å². The first-order chi connectivity index (χ1) is 17.4. The predicted molar refractivity (Wildman–Crippen MR) is 151 cm³/mol. The average molecular weight is 503 g/mol. The molecule has 0 aliphatic heterocycles. The summed E-state index contributed by atoms with van der Waals surface area (Å²) in [6.45, 7) is 9.27. The van der Waals surface area contributed by atoms with Crippen LogP contribution < -0.4 is 5.32 Å². The second-order valence-electron chi connectivity index (χ2n) is 9.49. The van der Waals surface area contributed by atoms with E-state index in [2.05, 4.69) is 49.5 Å². The fraction of sp³-hybridized carbons (Fsp3) is 0.355. The molecule has 0 unspecified atom stereocenters. The predicted octanol–water partition coefficient (Wildman–Crippen LogP) is 6.01. The van der Waals surface area contributed by atoms with Crippen molar-refractivity contribution >= 4 is 23.6 Å². The molecule has 0 saturated carbocycles. The lowest BCUT2D eigenvalue weighted by Gasteiger charge is -2.31. The van der Waals surface area contributed by atoms with E-state index in [4.69, 9.17) is 0 Å². The van der Waals surface area contributed by atoms with E-state index in [0.29, 0.717) is 25.3 Å². The highest BCUT2D eigenvalue weighted by Gasteiger charge is 2.30. The summed E-state index contributed by atoms with van der Waals surface area (Å²) in [6.07, 6.45) is 1.33. The Hall–Kier alpha value is -3.05. The smallest absolute Gasteiger partial charge is 0.243 e. The third kappa shape index (κ3) is 8.56. The normalized spacial score (nSPS) is 11.7. The van der Waals surface area contributed by atoms with Crippen molar-refractivity contribution in [1.29, 1.82) is 0 Å². The summed E-state index contributed by atoms with van der Waals surface area (Å²) in [5, 5.41) is 3.04. The number of thioether (sulfide) groups is 1. The Bertz CT molecular complexity index is 1110. The third-order valence-electron chi connectivity index (χ3n) is 6.07. The van der Waals surface area contributed by atoms with Crippen LogP contribution in [-0.2, 0) is 28.3 Å². The summed E-state index contributed by atoms with van der Waals surface area (Å²) in [5.41, 5.74) is 6.91. The van der Waals surface area contributed by atoms with Crippen LogP contribution in [0.1, 0.15) is 46.7 Å². The lowest BCUT2D eigenvalue weighted by molar-refractivity contribution is -0.139.